The van der Waals surface area contributed by atoms with Gasteiger partial charge in [0.25, 0.3) is 0 Å². The third-order valence-corrected chi connectivity index (χ3v) is 5.58. The van der Waals surface area contributed by atoms with Crippen LogP contribution in [-0.2, 0) is 12.8 Å². The summed E-state index contributed by atoms with van der Waals surface area (Å²) in [6.45, 7) is 2.47. The Morgan fingerprint density at radius 3 is 2.54 bits per heavy atom. The van der Waals surface area contributed by atoms with E-state index in [1.54, 1.807) is 12.8 Å². The second-order valence-electron chi connectivity index (χ2n) is 6.99. The number of aryl methyl sites for hydroxylation is 1. The second kappa shape index (κ2) is 6.80. The van der Waals surface area contributed by atoms with Crippen molar-refractivity contribution in [1.82, 2.24) is 0 Å². The van der Waals surface area contributed by atoms with Crippen molar-refractivity contribution >= 4 is 5.71 Å². The molecule has 124 valence electrons. The monoisotopic (exact) mass is 320 g/mol. The Bertz CT molecular complexity index is 740. The van der Waals surface area contributed by atoms with Crippen molar-refractivity contribution in [1.29, 1.82) is 0 Å². The summed E-state index contributed by atoms with van der Waals surface area (Å²) in [6, 6.07) is 17.6. The Kier molecular flexibility index (Phi) is 4.38. The van der Waals surface area contributed by atoms with E-state index in [4.69, 9.17) is 4.74 Å². The van der Waals surface area contributed by atoms with Gasteiger partial charge in [-0.3, -0.25) is 0 Å². The van der Waals surface area contributed by atoms with Crippen LogP contribution in [0.2, 0.25) is 0 Å². The number of nitrogens with zero attached hydrogens (tertiary/aromatic N) is 1. The molecule has 1 aliphatic carbocycles. The minimum absolute atomic E-state index is 0.490. The predicted molar refractivity (Wildman–Crippen MR) is 98.4 cm³/mol. The van der Waals surface area contributed by atoms with Crippen LogP contribution in [0.15, 0.2) is 48.5 Å². The third-order valence-electron chi connectivity index (χ3n) is 5.58. The van der Waals surface area contributed by atoms with E-state index < -0.39 is 0 Å². The summed E-state index contributed by atoms with van der Waals surface area (Å²) in [7, 11) is 1.77. The van der Waals surface area contributed by atoms with Gasteiger partial charge in [0.15, 0.2) is 5.71 Å². The van der Waals surface area contributed by atoms with Gasteiger partial charge in [0, 0.05) is 19.3 Å². The summed E-state index contributed by atoms with van der Waals surface area (Å²) in [5, 5.41) is 0. The maximum atomic E-state index is 5.52. The summed E-state index contributed by atoms with van der Waals surface area (Å²) in [6.07, 6.45) is 6.14. The first-order chi connectivity index (χ1) is 11.8. The van der Waals surface area contributed by atoms with E-state index in [2.05, 4.69) is 53.1 Å². The Morgan fingerprint density at radius 1 is 1.00 bits per heavy atom. The van der Waals surface area contributed by atoms with Crippen LogP contribution >= 0.6 is 0 Å². The van der Waals surface area contributed by atoms with Gasteiger partial charge in [-0.25, -0.2) is 4.58 Å². The molecule has 1 heterocycles. The molecule has 2 aromatic rings. The van der Waals surface area contributed by atoms with E-state index in [0.717, 1.165) is 18.6 Å². The van der Waals surface area contributed by atoms with Gasteiger partial charge in [-0.05, 0) is 41.7 Å². The van der Waals surface area contributed by atoms with E-state index in [-0.39, 0.29) is 0 Å². The van der Waals surface area contributed by atoms with E-state index in [1.807, 2.05) is 0 Å². The smallest absolute Gasteiger partial charge is 0.160 e. The van der Waals surface area contributed by atoms with Gasteiger partial charge in [0.05, 0.1) is 13.0 Å². The zero-order valence-corrected chi connectivity index (χ0v) is 14.5. The molecule has 0 amide bonds. The fourth-order valence-electron chi connectivity index (χ4n) is 4.33. The van der Waals surface area contributed by atoms with Gasteiger partial charge in [-0.15, -0.1) is 0 Å². The van der Waals surface area contributed by atoms with Crippen molar-refractivity contribution in [3.63, 3.8) is 0 Å². The summed E-state index contributed by atoms with van der Waals surface area (Å²) < 4.78 is 8.18. The molecule has 0 N–H and O–H groups in total. The van der Waals surface area contributed by atoms with Crippen LogP contribution in [0.1, 0.15) is 41.9 Å². The molecule has 1 aliphatic heterocycles. The van der Waals surface area contributed by atoms with Crippen molar-refractivity contribution < 1.29 is 9.31 Å². The fraction of sp³-hybridized carbons (Fsp3) is 0.409. The molecule has 2 heteroatoms. The zero-order valence-electron chi connectivity index (χ0n) is 14.5. The van der Waals surface area contributed by atoms with Crippen molar-refractivity contribution in [2.24, 2.45) is 0 Å². The number of benzene rings is 2. The SMILES string of the molecule is COc1ccc2c(c1)C(Cc1ccccc1)C(=[N+]1CCCC1)CC2. The van der Waals surface area contributed by atoms with E-state index in [9.17, 15) is 0 Å². The lowest BCUT2D eigenvalue weighted by atomic mass is 9.77. The minimum atomic E-state index is 0.490. The quantitative estimate of drug-likeness (QED) is 0.772. The molecule has 0 saturated carbocycles. The Morgan fingerprint density at radius 2 is 1.79 bits per heavy atom. The standard InChI is InChI=1S/C22H26NO/c1-24-19-11-9-18-10-12-22(23-13-5-6-14-23)21(20(18)16-19)15-17-7-3-2-4-8-17/h2-4,7-9,11,16,21H,5-6,10,12-15H2,1H3/q+1. The van der Waals surface area contributed by atoms with E-state index in [1.165, 1.54) is 49.0 Å². The van der Waals surface area contributed by atoms with E-state index >= 15 is 0 Å². The lowest BCUT2D eigenvalue weighted by Gasteiger charge is -2.26. The minimum Gasteiger partial charge on any atom is -0.497 e. The molecule has 1 saturated heterocycles. The van der Waals surface area contributed by atoms with Crippen molar-refractivity contribution in [3.8, 4) is 5.75 Å². The lowest BCUT2D eigenvalue weighted by molar-refractivity contribution is -0.509. The zero-order chi connectivity index (χ0) is 16.4. The molecule has 24 heavy (non-hydrogen) atoms. The first-order valence-electron chi connectivity index (χ1n) is 9.16. The number of methoxy groups -OCH3 is 1. The van der Waals surface area contributed by atoms with Gasteiger partial charge in [0.1, 0.15) is 18.8 Å². The highest BCUT2D eigenvalue weighted by Crippen LogP contribution is 2.35. The van der Waals surface area contributed by atoms with Crippen molar-refractivity contribution in [2.75, 3.05) is 20.2 Å². The highest BCUT2D eigenvalue weighted by molar-refractivity contribution is 5.89. The summed E-state index contributed by atoms with van der Waals surface area (Å²) >= 11 is 0. The number of fused-ring (bicyclic) bond motifs is 1. The molecule has 0 spiro atoms. The molecule has 0 aromatic heterocycles. The van der Waals surface area contributed by atoms with Crippen LogP contribution in [0.25, 0.3) is 0 Å². The van der Waals surface area contributed by atoms with Crippen LogP contribution in [0.5, 0.6) is 5.75 Å². The maximum absolute atomic E-state index is 5.52. The third kappa shape index (κ3) is 2.98. The van der Waals surface area contributed by atoms with Crippen LogP contribution in [0, 0.1) is 0 Å². The van der Waals surface area contributed by atoms with Crippen LogP contribution < -0.4 is 4.74 Å². The first-order valence-corrected chi connectivity index (χ1v) is 9.16. The first kappa shape index (κ1) is 15.4. The molecule has 4 rings (SSSR count). The van der Waals surface area contributed by atoms with E-state index in [0.29, 0.717) is 5.92 Å². The lowest BCUT2D eigenvalue weighted by Crippen LogP contribution is -2.31. The molecule has 0 bridgehead atoms. The van der Waals surface area contributed by atoms with Crippen LogP contribution in [0.3, 0.4) is 0 Å². The highest BCUT2D eigenvalue weighted by atomic mass is 16.5. The van der Waals surface area contributed by atoms with Gasteiger partial charge in [0.2, 0.25) is 0 Å². The van der Waals surface area contributed by atoms with Gasteiger partial charge < -0.3 is 4.74 Å². The maximum Gasteiger partial charge on any atom is 0.160 e. The molecular weight excluding hydrogens is 294 g/mol. The molecule has 2 aliphatic rings. The number of hydrogen-bond donors (Lipinski definition) is 0. The number of hydrogen-bond acceptors (Lipinski definition) is 1. The molecule has 1 unspecified atom stereocenters. The molecule has 1 fully saturated rings. The fourth-order valence-corrected chi connectivity index (χ4v) is 4.33. The van der Waals surface area contributed by atoms with Gasteiger partial charge in [-0.2, -0.15) is 0 Å². The molecule has 0 radical (unpaired) electrons. The topological polar surface area (TPSA) is 12.2 Å². The predicted octanol–water partition coefficient (Wildman–Crippen LogP) is 4.22. The summed E-state index contributed by atoms with van der Waals surface area (Å²) in [5.41, 5.74) is 6.05. The Labute approximate surface area is 144 Å². The summed E-state index contributed by atoms with van der Waals surface area (Å²) in [5.74, 6) is 1.47. The summed E-state index contributed by atoms with van der Waals surface area (Å²) in [4.78, 5) is 0. The van der Waals surface area contributed by atoms with Crippen molar-refractivity contribution in [2.45, 2.75) is 38.0 Å². The largest absolute Gasteiger partial charge is 0.497 e. The Balaban J connectivity index is 1.78. The van der Waals surface area contributed by atoms with Gasteiger partial charge in [-0.1, -0.05) is 36.4 Å². The van der Waals surface area contributed by atoms with Crippen LogP contribution in [-0.4, -0.2) is 30.5 Å². The normalized spacial score (nSPS) is 20.1. The highest BCUT2D eigenvalue weighted by Gasteiger charge is 2.33. The van der Waals surface area contributed by atoms with Crippen LogP contribution in [0.4, 0.5) is 0 Å². The second-order valence-corrected chi connectivity index (χ2v) is 6.99. The average Bonchev–Trinajstić information content (AvgIpc) is 3.17. The number of rotatable bonds is 3. The van der Waals surface area contributed by atoms with Gasteiger partial charge >= 0.3 is 0 Å². The molecular formula is C22H26NO+. The molecule has 1 atom stereocenters. The molecule has 2 aromatic carbocycles. The molecule has 2 nitrogen and oxygen atoms in total. The number of ether oxygens (including phenoxy) is 1. The Hall–Kier alpha value is -2.09. The average molecular weight is 320 g/mol. The van der Waals surface area contributed by atoms with Crippen molar-refractivity contribution in [3.05, 3.63) is 65.2 Å².